The zero-order chi connectivity index (χ0) is 7.82. The Hall–Kier alpha value is 0.310. The molecule has 0 radical (unpaired) electrons. The maximum atomic E-state index is 4.94. The SMILES string of the molecule is CCCCC(S)CCOC. The van der Waals surface area contributed by atoms with E-state index in [1.807, 2.05) is 0 Å². The van der Waals surface area contributed by atoms with Crippen molar-refractivity contribution in [2.45, 2.75) is 37.9 Å². The summed E-state index contributed by atoms with van der Waals surface area (Å²) in [5, 5.41) is 0.542. The summed E-state index contributed by atoms with van der Waals surface area (Å²) in [7, 11) is 1.74. The fraction of sp³-hybridized carbons (Fsp3) is 1.00. The van der Waals surface area contributed by atoms with Gasteiger partial charge >= 0.3 is 0 Å². The van der Waals surface area contributed by atoms with E-state index in [0.29, 0.717) is 5.25 Å². The first-order valence-electron chi connectivity index (χ1n) is 3.98. The van der Waals surface area contributed by atoms with Crippen LogP contribution in [0.2, 0.25) is 0 Å². The molecule has 0 N–H and O–H groups in total. The third-order valence-electron chi connectivity index (χ3n) is 1.55. The van der Waals surface area contributed by atoms with Gasteiger partial charge in [-0.1, -0.05) is 19.8 Å². The maximum Gasteiger partial charge on any atom is 0.0472 e. The molecule has 1 nitrogen and oxygen atoms in total. The van der Waals surface area contributed by atoms with Crippen LogP contribution in [0.4, 0.5) is 0 Å². The van der Waals surface area contributed by atoms with Crippen molar-refractivity contribution in [3.63, 3.8) is 0 Å². The van der Waals surface area contributed by atoms with Crippen LogP contribution in [0.5, 0.6) is 0 Å². The molecule has 0 aromatic heterocycles. The number of hydrogen-bond donors (Lipinski definition) is 1. The Balaban J connectivity index is 3.00. The average Bonchev–Trinajstić information content (AvgIpc) is 1.97. The van der Waals surface area contributed by atoms with E-state index in [2.05, 4.69) is 19.6 Å². The molecule has 0 spiro atoms. The van der Waals surface area contributed by atoms with Crippen molar-refractivity contribution < 1.29 is 4.74 Å². The van der Waals surface area contributed by atoms with Crippen LogP contribution >= 0.6 is 12.6 Å². The summed E-state index contributed by atoms with van der Waals surface area (Å²) in [5.74, 6) is 0. The Morgan fingerprint density at radius 3 is 2.60 bits per heavy atom. The van der Waals surface area contributed by atoms with Crippen molar-refractivity contribution in [2.24, 2.45) is 0 Å². The molecule has 0 aliphatic rings. The molecule has 0 aliphatic carbocycles. The fourth-order valence-corrected chi connectivity index (χ4v) is 1.13. The number of rotatable bonds is 6. The molecule has 0 rings (SSSR count). The molecule has 0 fully saturated rings. The summed E-state index contributed by atoms with van der Waals surface area (Å²) >= 11 is 4.42. The molecular weight excluding hydrogens is 144 g/mol. The van der Waals surface area contributed by atoms with Gasteiger partial charge in [-0.25, -0.2) is 0 Å². The minimum Gasteiger partial charge on any atom is -0.385 e. The van der Waals surface area contributed by atoms with Crippen LogP contribution in [0.1, 0.15) is 32.6 Å². The first-order valence-corrected chi connectivity index (χ1v) is 4.50. The third kappa shape index (κ3) is 6.43. The van der Waals surface area contributed by atoms with Gasteiger partial charge in [-0.3, -0.25) is 0 Å². The first-order chi connectivity index (χ1) is 4.81. The summed E-state index contributed by atoms with van der Waals surface area (Å²) in [5.41, 5.74) is 0. The van der Waals surface area contributed by atoms with Gasteiger partial charge in [-0.2, -0.15) is 12.6 Å². The monoisotopic (exact) mass is 162 g/mol. The van der Waals surface area contributed by atoms with Crippen LogP contribution in [0, 0.1) is 0 Å². The molecule has 0 aromatic carbocycles. The first kappa shape index (κ1) is 10.3. The van der Waals surface area contributed by atoms with Crippen LogP contribution in [-0.2, 0) is 4.74 Å². The quantitative estimate of drug-likeness (QED) is 0.590. The fourth-order valence-electron chi connectivity index (χ4n) is 0.838. The van der Waals surface area contributed by atoms with Crippen LogP contribution in [0.15, 0.2) is 0 Å². The lowest BCUT2D eigenvalue weighted by atomic mass is 10.1. The van der Waals surface area contributed by atoms with E-state index in [-0.39, 0.29) is 0 Å². The van der Waals surface area contributed by atoms with E-state index < -0.39 is 0 Å². The number of thiol groups is 1. The highest BCUT2D eigenvalue weighted by atomic mass is 32.1. The van der Waals surface area contributed by atoms with Gasteiger partial charge in [0.1, 0.15) is 0 Å². The zero-order valence-corrected chi connectivity index (χ0v) is 7.86. The summed E-state index contributed by atoms with van der Waals surface area (Å²) in [6, 6.07) is 0. The Morgan fingerprint density at radius 2 is 2.10 bits per heavy atom. The van der Waals surface area contributed by atoms with Crippen LogP contribution in [0.3, 0.4) is 0 Å². The van der Waals surface area contributed by atoms with Crippen LogP contribution in [-0.4, -0.2) is 19.0 Å². The largest absolute Gasteiger partial charge is 0.385 e. The second kappa shape index (κ2) is 7.42. The molecule has 2 heteroatoms. The summed E-state index contributed by atoms with van der Waals surface area (Å²) in [6.45, 7) is 3.05. The van der Waals surface area contributed by atoms with Gasteiger partial charge in [0.15, 0.2) is 0 Å². The molecule has 0 bridgehead atoms. The van der Waals surface area contributed by atoms with Crippen molar-refractivity contribution >= 4 is 12.6 Å². The maximum absolute atomic E-state index is 4.94. The van der Waals surface area contributed by atoms with Crippen molar-refractivity contribution in [3.8, 4) is 0 Å². The lowest BCUT2D eigenvalue weighted by Crippen LogP contribution is -2.02. The molecule has 0 heterocycles. The molecule has 0 saturated heterocycles. The Morgan fingerprint density at radius 1 is 1.40 bits per heavy atom. The third-order valence-corrected chi connectivity index (χ3v) is 2.06. The summed E-state index contributed by atoms with van der Waals surface area (Å²) in [6.07, 6.45) is 4.87. The molecular formula is C8H18OS. The highest BCUT2D eigenvalue weighted by molar-refractivity contribution is 7.80. The average molecular weight is 162 g/mol. The van der Waals surface area contributed by atoms with Crippen LogP contribution < -0.4 is 0 Å². The van der Waals surface area contributed by atoms with Gasteiger partial charge in [-0.05, 0) is 12.8 Å². The van der Waals surface area contributed by atoms with E-state index in [1.54, 1.807) is 7.11 Å². The molecule has 1 atom stereocenters. The minimum atomic E-state index is 0.542. The van der Waals surface area contributed by atoms with E-state index in [0.717, 1.165) is 13.0 Å². The van der Waals surface area contributed by atoms with E-state index >= 15 is 0 Å². The molecule has 62 valence electrons. The Kier molecular flexibility index (Phi) is 7.65. The standard InChI is InChI=1S/C8H18OS/c1-3-4-5-8(10)6-7-9-2/h8,10H,3-7H2,1-2H3. The number of ether oxygens (including phenoxy) is 1. The van der Waals surface area contributed by atoms with E-state index in [4.69, 9.17) is 4.74 Å². The molecule has 10 heavy (non-hydrogen) atoms. The number of methoxy groups -OCH3 is 1. The number of unbranched alkanes of at least 4 members (excludes halogenated alkanes) is 1. The predicted octanol–water partition coefficient (Wildman–Crippen LogP) is 2.51. The smallest absolute Gasteiger partial charge is 0.0472 e. The molecule has 0 amide bonds. The molecule has 0 aromatic rings. The normalized spacial score (nSPS) is 13.5. The van der Waals surface area contributed by atoms with Gasteiger partial charge < -0.3 is 4.74 Å². The number of hydrogen-bond acceptors (Lipinski definition) is 2. The van der Waals surface area contributed by atoms with Crippen molar-refractivity contribution in [3.05, 3.63) is 0 Å². The topological polar surface area (TPSA) is 9.23 Å². The summed E-state index contributed by atoms with van der Waals surface area (Å²) in [4.78, 5) is 0. The second-order valence-electron chi connectivity index (χ2n) is 2.58. The highest BCUT2D eigenvalue weighted by Gasteiger charge is 2.00. The molecule has 0 saturated carbocycles. The van der Waals surface area contributed by atoms with Crippen molar-refractivity contribution in [1.29, 1.82) is 0 Å². The van der Waals surface area contributed by atoms with Gasteiger partial charge in [0.2, 0.25) is 0 Å². The predicted molar refractivity (Wildman–Crippen MR) is 48.8 cm³/mol. The van der Waals surface area contributed by atoms with Crippen molar-refractivity contribution in [2.75, 3.05) is 13.7 Å². The molecule has 0 aliphatic heterocycles. The molecule has 1 unspecified atom stereocenters. The Labute approximate surface area is 69.6 Å². The van der Waals surface area contributed by atoms with E-state index in [1.165, 1.54) is 19.3 Å². The lowest BCUT2D eigenvalue weighted by molar-refractivity contribution is 0.193. The van der Waals surface area contributed by atoms with E-state index in [9.17, 15) is 0 Å². The second-order valence-corrected chi connectivity index (χ2v) is 3.31. The highest BCUT2D eigenvalue weighted by Crippen LogP contribution is 2.10. The van der Waals surface area contributed by atoms with Gasteiger partial charge in [0, 0.05) is 19.0 Å². The van der Waals surface area contributed by atoms with Crippen molar-refractivity contribution in [1.82, 2.24) is 0 Å². The summed E-state index contributed by atoms with van der Waals surface area (Å²) < 4.78 is 4.94. The van der Waals surface area contributed by atoms with Gasteiger partial charge in [-0.15, -0.1) is 0 Å². The lowest BCUT2D eigenvalue weighted by Gasteiger charge is -2.07. The minimum absolute atomic E-state index is 0.542. The Bertz CT molecular complexity index is 58.3. The van der Waals surface area contributed by atoms with Gasteiger partial charge in [0.25, 0.3) is 0 Å². The zero-order valence-electron chi connectivity index (χ0n) is 6.97. The van der Waals surface area contributed by atoms with Crippen LogP contribution in [0.25, 0.3) is 0 Å². The van der Waals surface area contributed by atoms with Gasteiger partial charge in [0.05, 0.1) is 0 Å².